The van der Waals surface area contributed by atoms with Gasteiger partial charge in [-0.25, -0.2) is 0 Å². The molecule has 0 spiro atoms. The fourth-order valence-electron chi connectivity index (χ4n) is 0.957. The third-order valence-electron chi connectivity index (χ3n) is 1.65. The Morgan fingerprint density at radius 2 is 2.30 bits per heavy atom. The Kier molecular flexibility index (Phi) is 1.66. The Morgan fingerprint density at radius 1 is 1.70 bits per heavy atom. The van der Waals surface area contributed by atoms with Crippen LogP contribution >= 0.6 is 0 Å². The predicted molar refractivity (Wildman–Crippen MR) is 37.6 cm³/mol. The molecule has 1 amide bonds. The van der Waals surface area contributed by atoms with Crippen molar-refractivity contribution >= 4 is 5.91 Å². The van der Waals surface area contributed by atoms with Crippen molar-refractivity contribution < 1.29 is 9.90 Å². The maximum atomic E-state index is 10.9. The second kappa shape index (κ2) is 2.33. The third-order valence-corrected chi connectivity index (χ3v) is 1.65. The number of aliphatic hydroxyl groups excluding tert-OH is 1. The van der Waals surface area contributed by atoms with Gasteiger partial charge in [0.1, 0.15) is 5.76 Å². The van der Waals surface area contributed by atoms with E-state index in [9.17, 15) is 4.79 Å². The zero-order chi connectivity index (χ0) is 7.72. The molecule has 0 aromatic carbocycles. The van der Waals surface area contributed by atoms with E-state index in [4.69, 9.17) is 5.11 Å². The van der Waals surface area contributed by atoms with E-state index in [2.05, 4.69) is 5.32 Å². The van der Waals surface area contributed by atoms with Crippen molar-refractivity contribution in [2.24, 2.45) is 0 Å². The van der Waals surface area contributed by atoms with E-state index in [1.165, 1.54) is 0 Å². The van der Waals surface area contributed by atoms with Gasteiger partial charge in [0, 0.05) is 12.5 Å². The number of hydrogen-bond acceptors (Lipinski definition) is 2. The predicted octanol–water partition coefficient (Wildman–Crippen LogP) is 0.727. The Balaban J connectivity index is 2.85. The summed E-state index contributed by atoms with van der Waals surface area (Å²) in [5.74, 6) is 0.0625. The van der Waals surface area contributed by atoms with Crippen LogP contribution in [0.2, 0.25) is 0 Å². The lowest BCUT2D eigenvalue weighted by Crippen LogP contribution is -2.37. The van der Waals surface area contributed by atoms with E-state index < -0.39 is 0 Å². The molecule has 1 aliphatic rings. The number of carbonyl (C=O) groups excluding carboxylic acids is 1. The van der Waals surface area contributed by atoms with Crippen molar-refractivity contribution in [3.05, 3.63) is 11.3 Å². The summed E-state index contributed by atoms with van der Waals surface area (Å²) < 4.78 is 0. The van der Waals surface area contributed by atoms with Gasteiger partial charge < -0.3 is 10.4 Å². The van der Waals surface area contributed by atoms with Gasteiger partial charge in [-0.3, -0.25) is 4.79 Å². The largest absolute Gasteiger partial charge is 0.512 e. The molecule has 56 valence electrons. The molecule has 0 saturated carbocycles. The minimum atomic E-state index is -0.156. The van der Waals surface area contributed by atoms with Crippen LogP contribution in [0.25, 0.3) is 0 Å². The smallest absolute Gasteiger partial charge is 0.250 e. The van der Waals surface area contributed by atoms with Gasteiger partial charge in [-0.15, -0.1) is 0 Å². The van der Waals surface area contributed by atoms with Gasteiger partial charge in [-0.05, 0) is 13.8 Å². The fraction of sp³-hybridized carbons (Fsp3) is 0.571. The maximum Gasteiger partial charge on any atom is 0.250 e. The minimum Gasteiger partial charge on any atom is -0.512 e. The highest BCUT2D eigenvalue weighted by Gasteiger charge is 2.19. The normalized spacial score (nSPS) is 26.6. The summed E-state index contributed by atoms with van der Waals surface area (Å²) in [6, 6.07) is 0.0659. The number of nitrogens with one attached hydrogen (secondary N) is 1. The van der Waals surface area contributed by atoms with E-state index in [-0.39, 0.29) is 17.7 Å². The first-order valence-corrected chi connectivity index (χ1v) is 3.31. The average molecular weight is 141 g/mol. The molecule has 0 saturated heterocycles. The van der Waals surface area contributed by atoms with Crippen LogP contribution < -0.4 is 5.32 Å². The SMILES string of the molecule is CC1=C(O)CC(C)NC1=O. The highest BCUT2D eigenvalue weighted by Crippen LogP contribution is 2.13. The number of amides is 1. The van der Waals surface area contributed by atoms with Crippen molar-refractivity contribution in [1.29, 1.82) is 0 Å². The van der Waals surface area contributed by atoms with Gasteiger partial charge in [0.05, 0.1) is 5.57 Å². The lowest BCUT2D eigenvalue weighted by Gasteiger charge is -2.20. The molecule has 0 radical (unpaired) electrons. The van der Waals surface area contributed by atoms with Crippen LogP contribution in [0.4, 0.5) is 0 Å². The molecule has 3 heteroatoms. The Morgan fingerprint density at radius 3 is 2.80 bits per heavy atom. The van der Waals surface area contributed by atoms with Crippen LogP contribution in [0.3, 0.4) is 0 Å². The third kappa shape index (κ3) is 1.12. The van der Waals surface area contributed by atoms with Crippen molar-refractivity contribution in [3.63, 3.8) is 0 Å². The van der Waals surface area contributed by atoms with Crippen LogP contribution in [0.1, 0.15) is 20.3 Å². The summed E-state index contributed by atoms with van der Waals surface area (Å²) >= 11 is 0. The molecular weight excluding hydrogens is 130 g/mol. The molecule has 0 aromatic rings. The molecule has 1 heterocycles. The molecule has 10 heavy (non-hydrogen) atoms. The fourth-order valence-corrected chi connectivity index (χ4v) is 0.957. The molecule has 1 unspecified atom stereocenters. The monoisotopic (exact) mass is 141 g/mol. The summed E-state index contributed by atoms with van der Waals surface area (Å²) in [6.07, 6.45) is 0.553. The second-order valence-electron chi connectivity index (χ2n) is 2.65. The molecule has 2 N–H and O–H groups in total. The lowest BCUT2D eigenvalue weighted by molar-refractivity contribution is -0.118. The van der Waals surface area contributed by atoms with E-state index in [1.54, 1.807) is 6.92 Å². The highest BCUT2D eigenvalue weighted by molar-refractivity contribution is 5.94. The van der Waals surface area contributed by atoms with Crippen LogP contribution in [0, 0.1) is 0 Å². The first kappa shape index (κ1) is 7.12. The molecule has 1 atom stereocenters. The Bertz CT molecular complexity index is 196. The number of rotatable bonds is 0. The van der Waals surface area contributed by atoms with Gasteiger partial charge in [-0.1, -0.05) is 0 Å². The molecule has 0 bridgehead atoms. The Hall–Kier alpha value is -0.990. The molecule has 0 fully saturated rings. The first-order valence-electron chi connectivity index (χ1n) is 3.31. The summed E-state index contributed by atoms with van der Waals surface area (Å²) in [4.78, 5) is 10.9. The highest BCUT2D eigenvalue weighted by atomic mass is 16.3. The molecule has 1 aliphatic heterocycles. The topological polar surface area (TPSA) is 49.3 Å². The van der Waals surface area contributed by atoms with Gasteiger partial charge >= 0.3 is 0 Å². The van der Waals surface area contributed by atoms with E-state index in [0.29, 0.717) is 12.0 Å². The lowest BCUT2D eigenvalue weighted by atomic mass is 10.1. The van der Waals surface area contributed by atoms with Gasteiger partial charge in [0.2, 0.25) is 0 Å². The molecular formula is C7H11NO2. The summed E-state index contributed by atoms with van der Waals surface area (Å²) in [5, 5.41) is 11.8. The first-order chi connectivity index (χ1) is 4.61. The van der Waals surface area contributed by atoms with Crippen molar-refractivity contribution in [2.75, 3.05) is 0 Å². The van der Waals surface area contributed by atoms with E-state index in [1.807, 2.05) is 6.92 Å². The summed E-state index contributed by atoms with van der Waals surface area (Å²) in [7, 11) is 0. The zero-order valence-electron chi connectivity index (χ0n) is 6.14. The second-order valence-corrected chi connectivity index (χ2v) is 2.65. The van der Waals surface area contributed by atoms with E-state index >= 15 is 0 Å². The maximum absolute atomic E-state index is 10.9. The summed E-state index contributed by atoms with van der Waals surface area (Å²) in [5.41, 5.74) is 0.443. The van der Waals surface area contributed by atoms with E-state index in [0.717, 1.165) is 0 Å². The number of aliphatic hydroxyl groups is 1. The number of hydrogen-bond donors (Lipinski definition) is 2. The minimum absolute atomic E-state index is 0.0659. The number of carbonyl (C=O) groups is 1. The quantitative estimate of drug-likeness (QED) is 0.522. The van der Waals surface area contributed by atoms with Gasteiger partial charge in [0.25, 0.3) is 5.91 Å². The summed E-state index contributed by atoms with van der Waals surface area (Å²) in [6.45, 7) is 3.48. The van der Waals surface area contributed by atoms with Crippen LogP contribution in [0.15, 0.2) is 11.3 Å². The van der Waals surface area contributed by atoms with Crippen LogP contribution in [-0.4, -0.2) is 17.1 Å². The van der Waals surface area contributed by atoms with Crippen molar-refractivity contribution in [1.82, 2.24) is 5.32 Å². The molecule has 0 aliphatic carbocycles. The van der Waals surface area contributed by atoms with Gasteiger partial charge in [0.15, 0.2) is 0 Å². The van der Waals surface area contributed by atoms with Crippen LogP contribution in [-0.2, 0) is 4.79 Å². The van der Waals surface area contributed by atoms with Gasteiger partial charge in [-0.2, -0.15) is 0 Å². The van der Waals surface area contributed by atoms with Crippen LogP contribution in [0.5, 0.6) is 0 Å². The zero-order valence-corrected chi connectivity index (χ0v) is 6.14. The van der Waals surface area contributed by atoms with Crippen molar-refractivity contribution in [2.45, 2.75) is 26.3 Å². The molecule has 0 aromatic heterocycles. The standard InChI is InChI=1S/C7H11NO2/c1-4-3-6(9)5(2)7(10)8-4/h4,9H,3H2,1-2H3,(H,8,10). The Labute approximate surface area is 59.7 Å². The average Bonchev–Trinajstić information content (AvgIpc) is 1.82. The molecule has 1 rings (SSSR count). The van der Waals surface area contributed by atoms with Crippen molar-refractivity contribution in [3.8, 4) is 0 Å². The molecule has 3 nitrogen and oxygen atoms in total.